The first kappa shape index (κ1) is 15.3. The Kier molecular flexibility index (Phi) is 3.90. The lowest BCUT2D eigenvalue weighted by atomic mass is 10.3. The van der Waals surface area contributed by atoms with E-state index in [1.165, 1.54) is 17.7 Å². The number of para-hydroxylation sites is 2. The number of hydrogen-bond donors (Lipinski definition) is 0. The second kappa shape index (κ2) is 6.38. The third-order valence-electron chi connectivity index (χ3n) is 4.28. The predicted molar refractivity (Wildman–Crippen MR) is 98.7 cm³/mol. The van der Waals surface area contributed by atoms with Crippen molar-refractivity contribution in [3.63, 3.8) is 0 Å². The lowest BCUT2D eigenvalue weighted by Gasteiger charge is -2.26. The van der Waals surface area contributed by atoms with E-state index in [1.807, 2.05) is 24.3 Å². The minimum atomic E-state index is 0.0226. The van der Waals surface area contributed by atoms with Gasteiger partial charge in [-0.25, -0.2) is 0 Å². The topological polar surface area (TPSA) is 49.2 Å². The van der Waals surface area contributed by atoms with Gasteiger partial charge in [0, 0.05) is 11.8 Å². The van der Waals surface area contributed by atoms with Crippen LogP contribution >= 0.6 is 23.1 Å². The molecule has 0 saturated heterocycles. The van der Waals surface area contributed by atoms with Crippen molar-refractivity contribution in [2.24, 2.45) is 0 Å². The largest absolute Gasteiger partial charge is 0.486 e. The number of benzene rings is 1. The second-order valence-corrected chi connectivity index (χ2v) is 8.13. The molecule has 25 heavy (non-hydrogen) atoms. The van der Waals surface area contributed by atoms with Crippen molar-refractivity contribution in [3.05, 3.63) is 41.8 Å². The highest BCUT2D eigenvalue weighted by molar-refractivity contribution is 7.99. The van der Waals surface area contributed by atoms with E-state index in [-0.39, 0.29) is 6.10 Å². The Labute approximate surface area is 154 Å². The maximum atomic E-state index is 6.05. The van der Waals surface area contributed by atoms with Crippen LogP contribution in [-0.4, -0.2) is 33.2 Å². The van der Waals surface area contributed by atoms with Crippen LogP contribution in [0.25, 0.3) is 10.7 Å². The molecular weight excluding hydrogens is 354 g/mol. The number of aromatic nitrogens is 3. The van der Waals surface area contributed by atoms with Gasteiger partial charge in [0.1, 0.15) is 12.7 Å². The zero-order chi connectivity index (χ0) is 16.6. The molecule has 0 amide bonds. The number of rotatable bonds is 5. The third kappa shape index (κ3) is 3.02. The average Bonchev–Trinajstić information content (AvgIpc) is 3.18. The molecule has 0 N–H and O–H groups in total. The molecule has 128 valence electrons. The van der Waals surface area contributed by atoms with E-state index in [9.17, 15) is 0 Å². The molecule has 5 rings (SSSR count). The van der Waals surface area contributed by atoms with Crippen molar-refractivity contribution < 1.29 is 9.47 Å². The molecule has 3 heterocycles. The molecule has 1 aliphatic carbocycles. The van der Waals surface area contributed by atoms with Gasteiger partial charge in [-0.2, -0.15) is 0 Å². The molecule has 2 aliphatic rings. The molecule has 1 atom stereocenters. The number of ether oxygens (including phenoxy) is 2. The number of thiophene rings is 1. The Balaban J connectivity index is 1.32. The summed E-state index contributed by atoms with van der Waals surface area (Å²) in [6, 6.07) is 12.5. The lowest BCUT2D eigenvalue weighted by molar-refractivity contribution is 0.107. The standard InChI is InChI=1S/C18H17N3O2S2/c1-2-5-15-14(4-1)22-10-13(23-15)11-25-18-20-19-17(16-6-3-9-24-16)21(18)12-7-8-12/h1-6,9,12-13H,7-8,10-11H2/t13-/m1/s1. The number of fused-ring (bicyclic) bond motifs is 1. The minimum Gasteiger partial charge on any atom is -0.486 e. The molecule has 1 aromatic carbocycles. The van der Waals surface area contributed by atoms with E-state index in [0.29, 0.717) is 12.6 Å². The molecular formula is C18H17N3O2S2. The molecule has 0 spiro atoms. The van der Waals surface area contributed by atoms with E-state index in [1.54, 1.807) is 23.1 Å². The van der Waals surface area contributed by atoms with Gasteiger partial charge in [-0.05, 0) is 36.4 Å². The van der Waals surface area contributed by atoms with Crippen LogP contribution in [0.2, 0.25) is 0 Å². The Morgan fingerprint density at radius 3 is 2.80 bits per heavy atom. The lowest BCUT2D eigenvalue weighted by Crippen LogP contribution is -2.31. The first-order chi connectivity index (χ1) is 12.4. The Morgan fingerprint density at radius 1 is 1.12 bits per heavy atom. The highest BCUT2D eigenvalue weighted by atomic mass is 32.2. The quantitative estimate of drug-likeness (QED) is 0.627. The number of hydrogen-bond acceptors (Lipinski definition) is 6. The molecule has 5 nitrogen and oxygen atoms in total. The van der Waals surface area contributed by atoms with Gasteiger partial charge in [-0.3, -0.25) is 4.57 Å². The van der Waals surface area contributed by atoms with Gasteiger partial charge < -0.3 is 9.47 Å². The summed E-state index contributed by atoms with van der Waals surface area (Å²) in [6.45, 7) is 0.569. The molecule has 7 heteroatoms. The highest BCUT2D eigenvalue weighted by Gasteiger charge is 2.31. The summed E-state index contributed by atoms with van der Waals surface area (Å²) in [5, 5.41) is 12.0. The SMILES string of the molecule is c1csc(-c2nnc(SC[C@H]3COc4ccccc4O3)n2C2CC2)c1. The van der Waals surface area contributed by atoms with E-state index in [2.05, 4.69) is 32.3 Å². The smallest absolute Gasteiger partial charge is 0.191 e. The van der Waals surface area contributed by atoms with Crippen LogP contribution in [0.4, 0.5) is 0 Å². The Hall–Kier alpha value is -1.99. The second-order valence-electron chi connectivity index (χ2n) is 6.19. The fraction of sp³-hybridized carbons (Fsp3) is 0.333. The molecule has 0 bridgehead atoms. The highest BCUT2D eigenvalue weighted by Crippen LogP contribution is 2.42. The van der Waals surface area contributed by atoms with Crippen molar-refractivity contribution >= 4 is 23.1 Å². The maximum Gasteiger partial charge on any atom is 0.191 e. The van der Waals surface area contributed by atoms with Crippen LogP contribution < -0.4 is 9.47 Å². The third-order valence-corrected chi connectivity index (χ3v) is 6.22. The Bertz CT molecular complexity index is 874. The van der Waals surface area contributed by atoms with Gasteiger partial charge in [0.25, 0.3) is 0 Å². The molecule has 1 aliphatic heterocycles. The molecule has 1 fully saturated rings. The summed E-state index contributed by atoms with van der Waals surface area (Å²) in [5.41, 5.74) is 0. The molecule has 0 unspecified atom stereocenters. The fourth-order valence-electron chi connectivity index (χ4n) is 2.92. The van der Waals surface area contributed by atoms with Gasteiger partial charge >= 0.3 is 0 Å². The normalized spacial score (nSPS) is 19.1. The van der Waals surface area contributed by atoms with E-state index >= 15 is 0 Å². The zero-order valence-electron chi connectivity index (χ0n) is 13.5. The average molecular weight is 371 g/mol. The van der Waals surface area contributed by atoms with Crippen molar-refractivity contribution in [1.82, 2.24) is 14.8 Å². The molecule has 3 aromatic rings. The monoisotopic (exact) mass is 371 g/mol. The summed E-state index contributed by atoms with van der Waals surface area (Å²) in [5.74, 6) is 3.43. The van der Waals surface area contributed by atoms with Gasteiger partial charge in [0.15, 0.2) is 22.5 Å². The summed E-state index contributed by atoms with van der Waals surface area (Å²) in [4.78, 5) is 1.18. The summed E-state index contributed by atoms with van der Waals surface area (Å²) in [6.07, 6.45) is 2.44. The number of nitrogens with zero attached hydrogens (tertiary/aromatic N) is 3. The van der Waals surface area contributed by atoms with Gasteiger partial charge in [0.2, 0.25) is 0 Å². The zero-order valence-corrected chi connectivity index (χ0v) is 15.1. The van der Waals surface area contributed by atoms with E-state index < -0.39 is 0 Å². The summed E-state index contributed by atoms with van der Waals surface area (Å²) < 4.78 is 14.1. The molecule has 0 radical (unpaired) electrons. The van der Waals surface area contributed by atoms with E-state index in [4.69, 9.17) is 9.47 Å². The van der Waals surface area contributed by atoms with E-state index in [0.717, 1.165) is 28.2 Å². The molecule has 2 aromatic heterocycles. The first-order valence-electron chi connectivity index (χ1n) is 8.38. The van der Waals surface area contributed by atoms with Crippen LogP contribution in [0, 0.1) is 0 Å². The summed E-state index contributed by atoms with van der Waals surface area (Å²) in [7, 11) is 0. The van der Waals surface area contributed by atoms with Gasteiger partial charge in [-0.15, -0.1) is 21.5 Å². The van der Waals surface area contributed by atoms with Crippen molar-refractivity contribution in [2.75, 3.05) is 12.4 Å². The van der Waals surface area contributed by atoms with Crippen LogP contribution in [-0.2, 0) is 0 Å². The predicted octanol–water partition coefficient (Wildman–Crippen LogP) is 4.27. The van der Waals surface area contributed by atoms with Crippen LogP contribution in [0.1, 0.15) is 18.9 Å². The minimum absolute atomic E-state index is 0.0226. The van der Waals surface area contributed by atoms with Gasteiger partial charge in [0.05, 0.1) is 4.88 Å². The maximum absolute atomic E-state index is 6.05. The van der Waals surface area contributed by atoms with Gasteiger partial charge in [-0.1, -0.05) is 30.0 Å². The van der Waals surface area contributed by atoms with Crippen LogP contribution in [0.3, 0.4) is 0 Å². The van der Waals surface area contributed by atoms with Crippen LogP contribution in [0.15, 0.2) is 46.9 Å². The van der Waals surface area contributed by atoms with Crippen LogP contribution in [0.5, 0.6) is 11.5 Å². The van der Waals surface area contributed by atoms with Crippen molar-refractivity contribution in [3.8, 4) is 22.2 Å². The Morgan fingerprint density at radius 2 is 2.00 bits per heavy atom. The number of thioether (sulfide) groups is 1. The van der Waals surface area contributed by atoms with Crippen molar-refractivity contribution in [1.29, 1.82) is 0 Å². The summed E-state index contributed by atoms with van der Waals surface area (Å²) >= 11 is 3.41. The fourth-order valence-corrected chi connectivity index (χ4v) is 4.60. The molecule has 1 saturated carbocycles. The first-order valence-corrected chi connectivity index (χ1v) is 10.2. The van der Waals surface area contributed by atoms with Crippen molar-refractivity contribution in [2.45, 2.75) is 30.1 Å².